The lowest BCUT2D eigenvalue weighted by molar-refractivity contribution is 0.803. The molecule has 2 nitrogen and oxygen atoms in total. The van der Waals surface area contributed by atoms with Gasteiger partial charge in [-0.15, -0.1) is 0 Å². The summed E-state index contributed by atoms with van der Waals surface area (Å²) in [6.45, 7) is 10.7. The minimum Gasteiger partial charge on any atom is -0.296 e. The van der Waals surface area contributed by atoms with Gasteiger partial charge in [-0.3, -0.25) is 4.57 Å². The first kappa shape index (κ1) is 13.6. The molecule has 2 aromatic carbocycles. The van der Waals surface area contributed by atoms with Gasteiger partial charge >= 0.3 is 0 Å². The van der Waals surface area contributed by atoms with Gasteiger partial charge in [-0.1, -0.05) is 56.8 Å². The van der Waals surface area contributed by atoms with Crippen molar-refractivity contribution >= 4 is 16.7 Å². The van der Waals surface area contributed by atoms with E-state index >= 15 is 0 Å². The molecule has 0 unspecified atom stereocenters. The number of aryl methyl sites for hydroxylation is 1. The fourth-order valence-electron chi connectivity index (χ4n) is 2.58. The molecule has 0 aliphatic heterocycles. The van der Waals surface area contributed by atoms with Crippen molar-refractivity contribution in [3.8, 4) is 11.4 Å². The van der Waals surface area contributed by atoms with Crippen LogP contribution in [0.3, 0.4) is 0 Å². The third kappa shape index (κ3) is 2.27. The third-order valence-electron chi connectivity index (χ3n) is 3.90. The summed E-state index contributed by atoms with van der Waals surface area (Å²) < 4.78 is 2.20. The highest BCUT2D eigenvalue weighted by atomic mass is 15.1. The van der Waals surface area contributed by atoms with Crippen LogP contribution in [-0.4, -0.2) is 9.55 Å². The van der Waals surface area contributed by atoms with Crippen LogP contribution in [0, 0.1) is 12.8 Å². The Bertz CT molecular complexity index is 809. The number of fused-ring (bicyclic) bond motifs is 1. The van der Waals surface area contributed by atoms with Gasteiger partial charge < -0.3 is 0 Å². The Hall–Kier alpha value is -2.35. The van der Waals surface area contributed by atoms with Gasteiger partial charge in [0, 0.05) is 11.3 Å². The second-order valence-electron chi connectivity index (χ2n) is 5.72. The van der Waals surface area contributed by atoms with Crippen LogP contribution < -0.4 is 0 Å². The summed E-state index contributed by atoms with van der Waals surface area (Å²) >= 11 is 0. The molecule has 3 aromatic rings. The molecule has 106 valence electrons. The summed E-state index contributed by atoms with van der Waals surface area (Å²) in [7, 11) is 0. The molecule has 0 saturated carbocycles. The zero-order chi connectivity index (χ0) is 15.0. The predicted octanol–water partition coefficient (Wildman–Crippen LogP) is 5.14. The molecular formula is C19H20N2. The van der Waals surface area contributed by atoms with Gasteiger partial charge in [0.25, 0.3) is 0 Å². The molecule has 0 radical (unpaired) electrons. The van der Waals surface area contributed by atoms with Crippen LogP contribution in [-0.2, 0) is 0 Å². The number of hydrogen-bond donors (Lipinski definition) is 0. The molecular weight excluding hydrogens is 256 g/mol. The van der Waals surface area contributed by atoms with E-state index in [0.29, 0.717) is 5.92 Å². The maximum Gasteiger partial charge on any atom is 0.145 e. The molecule has 0 atom stereocenters. The van der Waals surface area contributed by atoms with Crippen molar-refractivity contribution in [1.82, 2.24) is 9.55 Å². The lowest BCUT2D eigenvalue weighted by Crippen LogP contribution is -2.04. The van der Waals surface area contributed by atoms with Crippen molar-refractivity contribution in [3.63, 3.8) is 0 Å². The van der Waals surface area contributed by atoms with Crippen molar-refractivity contribution in [1.29, 1.82) is 0 Å². The number of benzene rings is 2. The lowest BCUT2D eigenvalue weighted by Gasteiger charge is -2.16. The molecule has 0 aliphatic carbocycles. The van der Waals surface area contributed by atoms with Crippen LogP contribution in [0.1, 0.15) is 19.4 Å². The topological polar surface area (TPSA) is 17.8 Å². The van der Waals surface area contributed by atoms with Crippen LogP contribution in [0.2, 0.25) is 0 Å². The quantitative estimate of drug-likeness (QED) is 0.647. The predicted molar refractivity (Wildman–Crippen MR) is 90.1 cm³/mol. The van der Waals surface area contributed by atoms with Crippen LogP contribution in [0.5, 0.6) is 0 Å². The molecule has 0 spiro atoms. The van der Waals surface area contributed by atoms with Crippen molar-refractivity contribution in [2.45, 2.75) is 20.8 Å². The maximum absolute atomic E-state index is 4.85. The normalized spacial score (nSPS) is 11.2. The average Bonchev–Trinajstić information content (AvgIpc) is 2.85. The van der Waals surface area contributed by atoms with Crippen molar-refractivity contribution in [3.05, 3.63) is 60.7 Å². The van der Waals surface area contributed by atoms with E-state index in [2.05, 4.69) is 74.4 Å². The lowest BCUT2D eigenvalue weighted by atomic mass is 10.1. The molecule has 0 aliphatic rings. The highest BCUT2D eigenvalue weighted by Crippen LogP contribution is 2.31. The molecule has 21 heavy (non-hydrogen) atoms. The maximum atomic E-state index is 4.85. The number of hydrogen-bond acceptors (Lipinski definition) is 1. The van der Waals surface area contributed by atoms with Gasteiger partial charge in [0.1, 0.15) is 5.82 Å². The first-order chi connectivity index (χ1) is 10.1. The van der Waals surface area contributed by atoms with E-state index in [4.69, 9.17) is 4.98 Å². The molecule has 3 rings (SSSR count). The Morgan fingerprint density at radius 3 is 2.43 bits per heavy atom. The Morgan fingerprint density at radius 2 is 1.71 bits per heavy atom. The van der Waals surface area contributed by atoms with Crippen molar-refractivity contribution in [2.24, 2.45) is 5.92 Å². The summed E-state index contributed by atoms with van der Waals surface area (Å²) in [5, 5.41) is 0. The monoisotopic (exact) mass is 276 g/mol. The van der Waals surface area contributed by atoms with E-state index in [1.54, 1.807) is 0 Å². The fourth-order valence-corrected chi connectivity index (χ4v) is 2.58. The highest BCUT2D eigenvalue weighted by Gasteiger charge is 2.17. The van der Waals surface area contributed by atoms with E-state index in [1.165, 1.54) is 5.56 Å². The molecule has 1 heterocycles. The minimum absolute atomic E-state index is 0.366. The Balaban J connectivity index is 2.35. The summed E-state index contributed by atoms with van der Waals surface area (Å²) in [5.41, 5.74) is 5.59. The third-order valence-corrected chi connectivity index (χ3v) is 3.90. The van der Waals surface area contributed by atoms with Crippen LogP contribution >= 0.6 is 0 Å². The molecule has 0 saturated heterocycles. The standard InChI is InChI=1S/C19H20N2/c1-13(2)15(4)21-18-12-8-7-11-17(18)20-19(21)16-10-6-5-9-14(16)3/h5-13H,4H2,1-3H3. The highest BCUT2D eigenvalue weighted by molar-refractivity contribution is 5.85. The summed E-state index contributed by atoms with van der Waals surface area (Å²) in [6.07, 6.45) is 0. The van der Waals surface area contributed by atoms with E-state index < -0.39 is 0 Å². The average molecular weight is 276 g/mol. The summed E-state index contributed by atoms with van der Waals surface area (Å²) in [5.74, 6) is 1.35. The summed E-state index contributed by atoms with van der Waals surface area (Å²) in [4.78, 5) is 4.85. The zero-order valence-electron chi connectivity index (χ0n) is 12.8. The van der Waals surface area contributed by atoms with Crippen LogP contribution in [0.25, 0.3) is 28.1 Å². The molecule has 0 N–H and O–H groups in total. The molecule has 0 bridgehead atoms. The van der Waals surface area contributed by atoms with Crippen molar-refractivity contribution in [2.75, 3.05) is 0 Å². The van der Waals surface area contributed by atoms with E-state index in [1.807, 2.05) is 6.07 Å². The minimum atomic E-state index is 0.366. The molecule has 1 aromatic heterocycles. The van der Waals surface area contributed by atoms with Crippen LogP contribution in [0.15, 0.2) is 55.1 Å². The van der Waals surface area contributed by atoms with Gasteiger partial charge in [-0.25, -0.2) is 4.98 Å². The first-order valence-electron chi connectivity index (χ1n) is 7.32. The van der Waals surface area contributed by atoms with E-state index in [9.17, 15) is 0 Å². The van der Waals surface area contributed by atoms with E-state index in [-0.39, 0.29) is 0 Å². The van der Waals surface area contributed by atoms with Gasteiger partial charge in [0.2, 0.25) is 0 Å². The van der Waals surface area contributed by atoms with Gasteiger partial charge in [0.05, 0.1) is 11.0 Å². The van der Waals surface area contributed by atoms with Crippen molar-refractivity contribution < 1.29 is 0 Å². The second kappa shape index (κ2) is 5.21. The number of allylic oxidation sites excluding steroid dienone is 1. The second-order valence-corrected chi connectivity index (χ2v) is 5.72. The first-order valence-corrected chi connectivity index (χ1v) is 7.32. The Morgan fingerprint density at radius 1 is 1.05 bits per heavy atom. The van der Waals surface area contributed by atoms with Gasteiger partial charge in [0.15, 0.2) is 0 Å². The summed E-state index contributed by atoms with van der Waals surface area (Å²) in [6, 6.07) is 16.6. The number of aromatic nitrogens is 2. The van der Waals surface area contributed by atoms with Gasteiger partial charge in [-0.05, 0) is 30.5 Å². The smallest absolute Gasteiger partial charge is 0.145 e. The Labute approximate surface area is 125 Å². The SMILES string of the molecule is C=C(C(C)C)n1c(-c2ccccc2C)nc2ccccc21. The van der Waals surface area contributed by atoms with Gasteiger partial charge in [-0.2, -0.15) is 0 Å². The van der Waals surface area contributed by atoms with E-state index in [0.717, 1.165) is 28.1 Å². The van der Waals surface area contributed by atoms with Crippen LogP contribution in [0.4, 0.5) is 0 Å². The number of para-hydroxylation sites is 2. The molecule has 0 amide bonds. The number of imidazole rings is 1. The molecule has 0 fully saturated rings. The number of rotatable bonds is 3. The zero-order valence-corrected chi connectivity index (χ0v) is 12.8. The largest absolute Gasteiger partial charge is 0.296 e. The fraction of sp³-hybridized carbons (Fsp3) is 0.211. The number of nitrogens with zero attached hydrogens (tertiary/aromatic N) is 2. The molecule has 2 heteroatoms. The Kier molecular flexibility index (Phi) is 3.38.